The van der Waals surface area contributed by atoms with Crippen LogP contribution >= 0.6 is 0 Å². The Morgan fingerprint density at radius 1 is 1.03 bits per heavy atom. The first-order chi connectivity index (χ1) is 14.2. The Balaban J connectivity index is 1.46. The molecule has 0 saturated heterocycles. The molecule has 6 heteroatoms. The van der Waals surface area contributed by atoms with Gasteiger partial charge in [0.2, 0.25) is 5.91 Å². The Morgan fingerprint density at radius 3 is 2.52 bits per heavy atom. The van der Waals surface area contributed by atoms with Gasteiger partial charge in [0, 0.05) is 19.0 Å². The fraction of sp³-hybridized carbons (Fsp3) is 0.174. The third kappa shape index (κ3) is 3.23. The lowest BCUT2D eigenvalue weighted by Crippen LogP contribution is -2.40. The summed E-state index contributed by atoms with van der Waals surface area (Å²) in [5.74, 6) is 0.0304. The van der Waals surface area contributed by atoms with Gasteiger partial charge in [-0.1, -0.05) is 60.7 Å². The number of benzene rings is 2. The molecule has 1 amide bonds. The number of amides is 1. The van der Waals surface area contributed by atoms with Crippen LogP contribution in [-0.2, 0) is 24.2 Å². The molecule has 2 aromatic carbocycles. The lowest BCUT2D eigenvalue weighted by Gasteiger charge is -2.27. The predicted octanol–water partition coefficient (Wildman–Crippen LogP) is 2.82. The van der Waals surface area contributed by atoms with E-state index in [0.717, 1.165) is 22.5 Å². The van der Waals surface area contributed by atoms with Crippen LogP contribution in [0.4, 0.5) is 0 Å². The molecule has 0 bridgehead atoms. The van der Waals surface area contributed by atoms with Crippen LogP contribution in [0.2, 0.25) is 0 Å². The SMILES string of the molecule is O=C(Cc1ccccc1)N1CCc2nc3cc(-c4ccccc4)[nH]n3c(=O)c2C1. The average molecular weight is 384 g/mol. The highest BCUT2D eigenvalue weighted by Crippen LogP contribution is 2.20. The summed E-state index contributed by atoms with van der Waals surface area (Å²) < 4.78 is 1.48. The molecule has 0 atom stereocenters. The number of hydrogen-bond acceptors (Lipinski definition) is 3. The summed E-state index contributed by atoms with van der Waals surface area (Å²) in [5.41, 5.74) is 4.67. The summed E-state index contributed by atoms with van der Waals surface area (Å²) in [7, 11) is 0. The van der Waals surface area contributed by atoms with Crippen molar-refractivity contribution in [2.45, 2.75) is 19.4 Å². The number of aromatic amines is 1. The maximum atomic E-state index is 13.1. The van der Waals surface area contributed by atoms with Crippen LogP contribution in [0.3, 0.4) is 0 Å². The van der Waals surface area contributed by atoms with Crippen molar-refractivity contribution >= 4 is 11.6 Å². The second-order valence-corrected chi connectivity index (χ2v) is 7.30. The van der Waals surface area contributed by atoms with Crippen molar-refractivity contribution in [3.05, 3.63) is 93.9 Å². The smallest absolute Gasteiger partial charge is 0.277 e. The van der Waals surface area contributed by atoms with Crippen molar-refractivity contribution in [1.29, 1.82) is 0 Å². The largest absolute Gasteiger partial charge is 0.337 e. The topological polar surface area (TPSA) is 70.5 Å². The van der Waals surface area contributed by atoms with Crippen LogP contribution in [0.1, 0.15) is 16.8 Å². The number of fused-ring (bicyclic) bond motifs is 2. The molecule has 0 aliphatic carbocycles. The zero-order chi connectivity index (χ0) is 19.8. The molecule has 5 rings (SSSR count). The molecule has 0 fully saturated rings. The maximum Gasteiger partial charge on any atom is 0.277 e. The lowest BCUT2D eigenvalue weighted by molar-refractivity contribution is -0.131. The standard InChI is InChI=1S/C23H20N4O2/c28-22(13-16-7-3-1-4-8-16)26-12-11-19-18(15-26)23(29)27-21(24-19)14-20(25-27)17-9-5-2-6-10-17/h1-10,14,25H,11-13,15H2. The third-order valence-electron chi connectivity index (χ3n) is 5.40. The van der Waals surface area contributed by atoms with Gasteiger partial charge in [-0.3, -0.25) is 14.7 Å². The van der Waals surface area contributed by atoms with Crippen molar-refractivity contribution in [3.8, 4) is 11.3 Å². The van der Waals surface area contributed by atoms with Gasteiger partial charge < -0.3 is 4.90 Å². The van der Waals surface area contributed by atoms with Crippen molar-refractivity contribution in [1.82, 2.24) is 19.5 Å². The number of H-pyrrole nitrogens is 1. The van der Waals surface area contributed by atoms with Crippen LogP contribution < -0.4 is 5.56 Å². The summed E-state index contributed by atoms with van der Waals surface area (Å²) in [4.78, 5) is 32.3. The van der Waals surface area contributed by atoms with Crippen LogP contribution in [-0.4, -0.2) is 31.9 Å². The highest BCUT2D eigenvalue weighted by Gasteiger charge is 2.25. The predicted molar refractivity (Wildman–Crippen MR) is 111 cm³/mol. The molecule has 29 heavy (non-hydrogen) atoms. The molecule has 3 heterocycles. The molecule has 2 aromatic heterocycles. The fourth-order valence-corrected chi connectivity index (χ4v) is 3.84. The fourth-order valence-electron chi connectivity index (χ4n) is 3.84. The maximum absolute atomic E-state index is 13.1. The van der Waals surface area contributed by atoms with Gasteiger partial charge in [0.1, 0.15) is 0 Å². The number of carbonyl (C=O) groups excluding carboxylic acids is 1. The van der Waals surface area contributed by atoms with Crippen molar-refractivity contribution in [2.75, 3.05) is 6.54 Å². The first kappa shape index (κ1) is 17.4. The van der Waals surface area contributed by atoms with Gasteiger partial charge in [0.05, 0.1) is 29.9 Å². The van der Waals surface area contributed by atoms with E-state index in [9.17, 15) is 9.59 Å². The first-order valence-electron chi connectivity index (χ1n) is 9.70. The van der Waals surface area contributed by atoms with E-state index >= 15 is 0 Å². The van der Waals surface area contributed by atoms with E-state index < -0.39 is 0 Å². The number of hydrogen-bond donors (Lipinski definition) is 1. The highest BCUT2D eigenvalue weighted by molar-refractivity contribution is 5.79. The van der Waals surface area contributed by atoms with Gasteiger partial charge in [0.15, 0.2) is 5.65 Å². The van der Waals surface area contributed by atoms with Gasteiger partial charge in [-0.25, -0.2) is 9.50 Å². The summed E-state index contributed by atoms with van der Waals surface area (Å²) in [6, 6.07) is 21.4. The minimum Gasteiger partial charge on any atom is -0.337 e. The Bertz CT molecular complexity index is 1240. The van der Waals surface area contributed by atoms with E-state index in [1.165, 1.54) is 4.52 Å². The number of nitrogens with zero attached hydrogens (tertiary/aromatic N) is 3. The summed E-state index contributed by atoms with van der Waals surface area (Å²) >= 11 is 0. The molecule has 4 aromatic rings. The van der Waals surface area contributed by atoms with Crippen LogP contribution in [0.25, 0.3) is 16.9 Å². The molecular weight excluding hydrogens is 364 g/mol. The molecule has 1 aliphatic rings. The minimum atomic E-state index is -0.135. The molecule has 144 valence electrons. The zero-order valence-electron chi connectivity index (χ0n) is 15.8. The number of nitrogens with one attached hydrogen (secondary N) is 1. The third-order valence-corrected chi connectivity index (χ3v) is 5.40. The summed E-state index contributed by atoms with van der Waals surface area (Å²) in [6.45, 7) is 0.882. The van der Waals surface area contributed by atoms with E-state index in [0.29, 0.717) is 37.1 Å². The van der Waals surface area contributed by atoms with Crippen molar-refractivity contribution in [2.24, 2.45) is 0 Å². The zero-order valence-corrected chi connectivity index (χ0v) is 15.8. The number of aromatic nitrogens is 3. The van der Waals surface area contributed by atoms with Crippen molar-refractivity contribution in [3.63, 3.8) is 0 Å². The molecular formula is C23H20N4O2. The summed E-state index contributed by atoms with van der Waals surface area (Å²) in [6.07, 6.45) is 0.932. The molecule has 6 nitrogen and oxygen atoms in total. The van der Waals surface area contributed by atoms with Gasteiger partial charge in [-0.2, -0.15) is 0 Å². The van der Waals surface area contributed by atoms with E-state index in [2.05, 4.69) is 5.10 Å². The van der Waals surface area contributed by atoms with Gasteiger partial charge in [0.25, 0.3) is 5.56 Å². The molecule has 1 N–H and O–H groups in total. The highest BCUT2D eigenvalue weighted by atomic mass is 16.2. The van der Waals surface area contributed by atoms with Crippen LogP contribution in [0.15, 0.2) is 71.5 Å². The van der Waals surface area contributed by atoms with E-state index in [1.54, 1.807) is 4.90 Å². The van der Waals surface area contributed by atoms with Gasteiger partial charge in [-0.05, 0) is 11.1 Å². The minimum absolute atomic E-state index is 0.0304. The molecule has 0 spiro atoms. The van der Waals surface area contributed by atoms with E-state index in [-0.39, 0.29) is 11.5 Å². The Kier molecular flexibility index (Phi) is 4.24. The first-order valence-corrected chi connectivity index (χ1v) is 9.70. The Morgan fingerprint density at radius 2 is 1.76 bits per heavy atom. The van der Waals surface area contributed by atoms with Gasteiger partial charge in [-0.15, -0.1) is 0 Å². The monoisotopic (exact) mass is 384 g/mol. The second kappa shape index (κ2) is 7.05. The quantitative estimate of drug-likeness (QED) is 0.590. The molecule has 0 radical (unpaired) electrons. The molecule has 1 aliphatic heterocycles. The van der Waals surface area contributed by atoms with E-state index in [1.807, 2.05) is 66.7 Å². The Labute approximate surface area is 167 Å². The summed E-state index contributed by atoms with van der Waals surface area (Å²) in [5, 5.41) is 3.15. The second-order valence-electron chi connectivity index (χ2n) is 7.30. The van der Waals surface area contributed by atoms with Crippen LogP contribution in [0, 0.1) is 0 Å². The molecule has 0 unspecified atom stereocenters. The number of rotatable bonds is 3. The number of carbonyl (C=O) groups is 1. The lowest BCUT2D eigenvalue weighted by atomic mass is 10.1. The Hall–Kier alpha value is -3.67. The average Bonchev–Trinajstić information content (AvgIpc) is 3.19. The van der Waals surface area contributed by atoms with Crippen LogP contribution in [0.5, 0.6) is 0 Å². The normalized spacial score (nSPS) is 13.4. The molecule has 0 saturated carbocycles. The van der Waals surface area contributed by atoms with Crippen molar-refractivity contribution < 1.29 is 4.79 Å². The van der Waals surface area contributed by atoms with Gasteiger partial charge >= 0.3 is 0 Å². The van der Waals surface area contributed by atoms with E-state index in [4.69, 9.17) is 4.98 Å².